The first-order chi connectivity index (χ1) is 19.7. The van der Waals surface area contributed by atoms with Gasteiger partial charge in [0.15, 0.2) is 12.1 Å². The van der Waals surface area contributed by atoms with Crippen LogP contribution in [0.3, 0.4) is 0 Å². The topological polar surface area (TPSA) is 163 Å². The smallest absolute Gasteiger partial charge is 0.308 e. The van der Waals surface area contributed by atoms with Crippen LogP contribution in [0.15, 0.2) is 23.8 Å². The van der Waals surface area contributed by atoms with Gasteiger partial charge in [-0.2, -0.15) is 0 Å². The maximum atomic E-state index is 13.1. The molecule has 0 aromatic heterocycles. The van der Waals surface area contributed by atoms with Gasteiger partial charge in [0.25, 0.3) is 0 Å². The van der Waals surface area contributed by atoms with Gasteiger partial charge in [-0.25, -0.2) is 0 Å². The van der Waals surface area contributed by atoms with E-state index in [9.17, 15) is 34.8 Å². The third-order valence-electron chi connectivity index (χ3n) is 8.56. The molecule has 0 amide bonds. The zero-order valence-corrected chi connectivity index (χ0v) is 26.0. The van der Waals surface area contributed by atoms with Crippen molar-refractivity contribution in [3.05, 3.63) is 23.8 Å². The third kappa shape index (κ3) is 9.51. The molecule has 0 aromatic carbocycles. The molecule has 42 heavy (non-hydrogen) atoms. The number of rotatable bonds is 7. The van der Waals surface area contributed by atoms with Gasteiger partial charge in [0.2, 0.25) is 0 Å². The van der Waals surface area contributed by atoms with Crippen molar-refractivity contribution in [2.75, 3.05) is 20.7 Å². The molecule has 2 heterocycles. The lowest BCUT2D eigenvalue weighted by Crippen LogP contribution is -2.63. The van der Waals surface area contributed by atoms with E-state index in [0.717, 1.165) is 6.29 Å². The second-order valence-corrected chi connectivity index (χ2v) is 12.1. The predicted molar refractivity (Wildman–Crippen MR) is 155 cm³/mol. The van der Waals surface area contributed by atoms with Crippen LogP contribution in [0, 0.1) is 23.7 Å². The van der Waals surface area contributed by atoms with Crippen molar-refractivity contribution in [2.24, 2.45) is 23.7 Å². The fraction of sp³-hybridized carbons (Fsp3) is 0.774. The Morgan fingerprint density at radius 2 is 1.76 bits per heavy atom. The van der Waals surface area contributed by atoms with Crippen LogP contribution in [0.4, 0.5) is 0 Å². The molecule has 1 fully saturated rings. The fourth-order valence-corrected chi connectivity index (χ4v) is 5.93. The van der Waals surface area contributed by atoms with Crippen molar-refractivity contribution in [1.82, 2.24) is 4.90 Å². The summed E-state index contributed by atoms with van der Waals surface area (Å²) in [6, 6.07) is -0.711. The van der Waals surface area contributed by atoms with E-state index in [0.29, 0.717) is 12.0 Å². The standard InChI is InChI=1S/C31H51NO10/c1-8-25-22(16-34)13-17(2)9-10-23(35)18(3)14-21(11-12-33)30(19(4)24(36)15-26(37)41-25)42-31-29(39)27(32(6)7)28(38)20(5)40-31/h9-10,12-13,18-22,24-25,27-31,34,36,38-39H,8,11,14-16H2,1-7H3/b10-9+,17-13+/t18-,19+,20-,21-,22-,24-,25-,27-,28-,29-,30-,31+/m1/s1. The molecular weight excluding hydrogens is 546 g/mol. The number of aliphatic hydroxyl groups is 4. The lowest BCUT2D eigenvalue weighted by Gasteiger charge is -2.46. The summed E-state index contributed by atoms with van der Waals surface area (Å²) >= 11 is 0. The maximum Gasteiger partial charge on any atom is 0.308 e. The van der Waals surface area contributed by atoms with Crippen LogP contribution in [0.2, 0.25) is 0 Å². The molecule has 1 saturated heterocycles. The molecule has 0 radical (unpaired) electrons. The predicted octanol–water partition coefficient (Wildman–Crippen LogP) is 1.40. The molecular formula is C31H51NO10. The number of nitrogens with zero attached hydrogens (tertiary/aromatic N) is 1. The Kier molecular flexibility index (Phi) is 14.4. The van der Waals surface area contributed by atoms with E-state index in [-0.39, 0.29) is 31.7 Å². The highest BCUT2D eigenvalue weighted by Gasteiger charge is 2.47. The zero-order chi connectivity index (χ0) is 31.7. The lowest BCUT2D eigenvalue weighted by molar-refractivity contribution is -0.304. The highest BCUT2D eigenvalue weighted by molar-refractivity contribution is 5.91. The number of ether oxygens (including phenoxy) is 3. The zero-order valence-electron chi connectivity index (χ0n) is 26.0. The van der Waals surface area contributed by atoms with Gasteiger partial charge in [-0.05, 0) is 52.8 Å². The summed E-state index contributed by atoms with van der Waals surface area (Å²) in [5.74, 6) is -3.16. The molecule has 2 rings (SSSR count). The van der Waals surface area contributed by atoms with E-state index in [1.54, 1.807) is 58.8 Å². The number of carbonyl (C=O) groups is 3. The Morgan fingerprint density at radius 1 is 1.10 bits per heavy atom. The van der Waals surface area contributed by atoms with Crippen molar-refractivity contribution >= 4 is 18.0 Å². The summed E-state index contributed by atoms with van der Waals surface area (Å²) in [5.41, 5.74) is 0.714. The largest absolute Gasteiger partial charge is 0.462 e. The summed E-state index contributed by atoms with van der Waals surface area (Å²) in [5, 5.41) is 43.0. The molecule has 0 aliphatic carbocycles. The first-order valence-electron chi connectivity index (χ1n) is 14.9. The van der Waals surface area contributed by atoms with Crippen molar-refractivity contribution in [1.29, 1.82) is 0 Å². The van der Waals surface area contributed by atoms with E-state index in [1.165, 1.54) is 6.08 Å². The highest BCUT2D eigenvalue weighted by atomic mass is 16.7. The number of aldehydes is 1. The molecule has 0 bridgehead atoms. The number of aliphatic hydroxyl groups excluding tert-OH is 4. The second kappa shape index (κ2) is 16.7. The minimum Gasteiger partial charge on any atom is -0.462 e. The van der Waals surface area contributed by atoms with Gasteiger partial charge in [0.1, 0.15) is 18.5 Å². The molecule has 11 nitrogen and oxygen atoms in total. The van der Waals surface area contributed by atoms with Gasteiger partial charge >= 0.3 is 5.97 Å². The summed E-state index contributed by atoms with van der Waals surface area (Å²) in [6.07, 6.45) is -1.12. The molecule has 0 aromatic rings. The molecule has 2 aliphatic rings. The number of carbonyl (C=O) groups excluding carboxylic acids is 3. The summed E-state index contributed by atoms with van der Waals surface area (Å²) in [6.45, 7) is 8.42. The third-order valence-corrected chi connectivity index (χ3v) is 8.56. The van der Waals surface area contributed by atoms with Crippen LogP contribution in [-0.4, -0.2) is 113 Å². The monoisotopic (exact) mass is 597 g/mol. The highest BCUT2D eigenvalue weighted by Crippen LogP contribution is 2.34. The van der Waals surface area contributed by atoms with Crippen molar-refractivity contribution in [3.63, 3.8) is 0 Å². The lowest BCUT2D eigenvalue weighted by atomic mass is 9.79. The number of hydrogen-bond acceptors (Lipinski definition) is 11. The number of allylic oxidation sites excluding steroid dienone is 3. The van der Waals surface area contributed by atoms with Crippen LogP contribution >= 0.6 is 0 Å². The summed E-state index contributed by atoms with van der Waals surface area (Å²) < 4.78 is 17.9. The van der Waals surface area contributed by atoms with E-state index in [2.05, 4.69) is 0 Å². The molecule has 0 unspecified atom stereocenters. The fourth-order valence-electron chi connectivity index (χ4n) is 5.93. The average Bonchev–Trinajstić information content (AvgIpc) is 2.93. The van der Waals surface area contributed by atoms with Gasteiger partial charge in [0, 0.05) is 24.2 Å². The van der Waals surface area contributed by atoms with E-state index in [1.807, 2.05) is 6.92 Å². The van der Waals surface area contributed by atoms with Gasteiger partial charge < -0.3 is 44.3 Å². The number of esters is 1. The SMILES string of the molecule is CC[C@H]1OC(=O)C[C@@H](O)[C@H](C)[C@@H](O[C@@H]2O[C@H](C)[C@@H](O)[C@@H](N(C)C)[C@H]2O)[C@H](CC=O)C[C@@H](C)C(=O)/C=C/C(C)=C/[C@@H]1CO. The number of cyclic esters (lactones) is 1. The average molecular weight is 598 g/mol. The van der Waals surface area contributed by atoms with E-state index in [4.69, 9.17) is 14.2 Å². The normalized spacial score (nSPS) is 41.6. The molecule has 12 atom stereocenters. The molecule has 4 N–H and O–H groups in total. The van der Waals surface area contributed by atoms with Gasteiger partial charge in [-0.1, -0.05) is 38.5 Å². The molecule has 2 aliphatic heterocycles. The summed E-state index contributed by atoms with van der Waals surface area (Å²) in [7, 11) is 3.43. The minimum atomic E-state index is -1.27. The first-order valence-corrected chi connectivity index (χ1v) is 14.9. The van der Waals surface area contributed by atoms with Crippen LogP contribution in [0.25, 0.3) is 0 Å². The Labute approximate surface area is 249 Å². The molecule has 11 heteroatoms. The number of hydrogen-bond donors (Lipinski definition) is 4. The molecule has 0 saturated carbocycles. The van der Waals surface area contributed by atoms with Crippen molar-refractivity contribution in [3.8, 4) is 0 Å². The number of ketones is 1. The Morgan fingerprint density at radius 3 is 2.33 bits per heavy atom. The van der Waals surface area contributed by atoms with Crippen molar-refractivity contribution in [2.45, 2.75) is 109 Å². The molecule has 0 spiro atoms. The van der Waals surface area contributed by atoms with Crippen LogP contribution in [0.1, 0.15) is 60.3 Å². The first kappa shape index (κ1) is 36.2. The van der Waals surface area contributed by atoms with Gasteiger partial charge in [0.05, 0.1) is 43.5 Å². The Bertz CT molecular complexity index is 952. The number of likely N-dealkylation sites (N-methyl/N-ethyl adjacent to an activating group) is 1. The van der Waals surface area contributed by atoms with E-state index < -0.39 is 78.6 Å². The second-order valence-electron chi connectivity index (χ2n) is 12.1. The van der Waals surface area contributed by atoms with Gasteiger partial charge in [-0.3, -0.25) is 9.59 Å². The Balaban J connectivity index is 2.52. The minimum absolute atomic E-state index is 0.000625. The maximum absolute atomic E-state index is 13.1. The van der Waals surface area contributed by atoms with Crippen molar-refractivity contribution < 1.29 is 49.0 Å². The quantitative estimate of drug-likeness (QED) is 0.248. The summed E-state index contributed by atoms with van der Waals surface area (Å²) in [4.78, 5) is 39.6. The van der Waals surface area contributed by atoms with Gasteiger partial charge in [-0.15, -0.1) is 0 Å². The Hall–Kier alpha value is -1.99. The van der Waals surface area contributed by atoms with Crippen LogP contribution in [0.5, 0.6) is 0 Å². The van der Waals surface area contributed by atoms with E-state index >= 15 is 0 Å². The van der Waals surface area contributed by atoms with Crippen LogP contribution in [-0.2, 0) is 28.6 Å². The molecule has 240 valence electrons. The van der Waals surface area contributed by atoms with Crippen LogP contribution < -0.4 is 0 Å².